The minimum atomic E-state index is -0.0996. The fourth-order valence-corrected chi connectivity index (χ4v) is 5.42. The van der Waals surface area contributed by atoms with Gasteiger partial charge in [0, 0.05) is 49.7 Å². The van der Waals surface area contributed by atoms with Crippen molar-refractivity contribution in [3.63, 3.8) is 0 Å². The summed E-state index contributed by atoms with van der Waals surface area (Å²) >= 11 is 1.80. The van der Waals surface area contributed by atoms with Crippen molar-refractivity contribution in [2.75, 3.05) is 39.8 Å². The molecule has 0 radical (unpaired) electrons. The van der Waals surface area contributed by atoms with Crippen LogP contribution >= 0.6 is 11.3 Å². The Morgan fingerprint density at radius 1 is 1.15 bits per heavy atom. The third-order valence-corrected chi connectivity index (χ3v) is 7.63. The Morgan fingerprint density at radius 2 is 1.94 bits per heavy atom. The van der Waals surface area contributed by atoms with E-state index in [-0.39, 0.29) is 11.9 Å². The van der Waals surface area contributed by atoms with E-state index in [0.29, 0.717) is 18.3 Å². The molecule has 8 nitrogen and oxygen atoms in total. The first-order valence-corrected chi connectivity index (χ1v) is 12.3. The summed E-state index contributed by atoms with van der Waals surface area (Å²) in [5.41, 5.74) is 2.21. The lowest BCUT2D eigenvalue weighted by atomic mass is 10.1. The molecule has 1 amide bonds. The quantitative estimate of drug-likeness (QED) is 0.552. The molecule has 33 heavy (non-hydrogen) atoms. The number of carbonyl (C=O) groups is 1. The normalized spacial score (nSPS) is 18.2. The number of thiophene rings is 1. The number of benzene rings is 1. The van der Waals surface area contributed by atoms with Crippen molar-refractivity contribution in [1.82, 2.24) is 24.8 Å². The maximum atomic E-state index is 13.1. The molecule has 0 bridgehead atoms. The molecule has 1 fully saturated rings. The van der Waals surface area contributed by atoms with Crippen LogP contribution < -0.4 is 4.74 Å². The maximum absolute atomic E-state index is 13.1. The highest BCUT2D eigenvalue weighted by atomic mass is 32.1. The van der Waals surface area contributed by atoms with E-state index in [9.17, 15) is 4.79 Å². The molecule has 1 atom stereocenters. The Morgan fingerprint density at radius 3 is 2.70 bits per heavy atom. The summed E-state index contributed by atoms with van der Waals surface area (Å²) in [5, 5.41) is 6.25. The van der Waals surface area contributed by atoms with E-state index in [2.05, 4.69) is 31.4 Å². The van der Waals surface area contributed by atoms with Crippen LogP contribution in [0.3, 0.4) is 0 Å². The van der Waals surface area contributed by atoms with Crippen LogP contribution in [0, 0.1) is 0 Å². The highest BCUT2D eigenvalue weighted by molar-refractivity contribution is 7.10. The molecular weight excluding hydrogens is 438 g/mol. The van der Waals surface area contributed by atoms with Gasteiger partial charge in [0.1, 0.15) is 5.75 Å². The Bertz CT molecular complexity index is 1090. The molecule has 0 saturated carbocycles. The van der Waals surface area contributed by atoms with Gasteiger partial charge in [-0.1, -0.05) is 5.16 Å². The highest BCUT2D eigenvalue weighted by Crippen LogP contribution is 2.25. The summed E-state index contributed by atoms with van der Waals surface area (Å²) in [6.45, 7) is 7.67. The Hall–Kier alpha value is -2.75. The summed E-state index contributed by atoms with van der Waals surface area (Å²) in [6, 6.07) is 9.67. The van der Waals surface area contributed by atoms with Gasteiger partial charge in [-0.3, -0.25) is 14.6 Å². The van der Waals surface area contributed by atoms with Crippen LogP contribution in [0.5, 0.6) is 5.75 Å². The zero-order valence-corrected chi connectivity index (χ0v) is 19.9. The van der Waals surface area contributed by atoms with Gasteiger partial charge in [-0.2, -0.15) is 4.98 Å². The maximum Gasteiger partial charge on any atom is 0.241 e. The number of hydrogen-bond acceptors (Lipinski definition) is 8. The van der Waals surface area contributed by atoms with E-state index in [1.54, 1.807) is 18.4 Å². The Labute approximate surface area is 197 Å². The summed E-state index contributed by atoms with van der Waals surface area (Å²) in [6.07, 6.45) is 0.974. The molecule has 2 aliphatic heterocycles. The molecule has 1 unspecified atom stereocenters. The topological polar surface area (TPSA) is 74.9 Å². The van der Waals surface area contributed by atoms with E-state index in [1.807, 2.05) is 36.1 Å². The van der Waals surface area contributed by atoms with Crippen LogP contribution in [0.1, 0.15) is 23.3 Å². The lowest BCUT2D eigenvalue weighted by molar-refractivity contribution is -0.138. The smallest absolute Gasteiger partial charge is 0.241 e. The number of amides is 1. The third kappa shape index (κ3) is 4.80. The molecular formula is C24H29N5O3S. The zero-order chi connectivity index (χ0) is 22.8. The SMILES string of the molecule is COc1ccc(-c2noc(CN3CCN(C(C)C(=O)N4CCc5sccc5C4)CC3)n2)cc1. The fourth-order valence-electron chi connectivity index (χ4n) is 4.53. The monoisotopic (exact) mass is 467 g/mol. The van der Waals surface area contributed by atoms with Gasteiger partial charge in [-0.15, -0.1) is 11.3 Å². The number of aromatic nitrogens is 2. The molecule has 5 rings (SSSR count). The summed E-state index contributed by atoms with van der Waals surface area (Å²) in [5.74, 6) is 2.23. The number of fused-ring (bicyclic) bond motifs is 1. The van der Waals surface area contributed by atoms with Crippen LogP contribution in [0.15, 0.2) is 40.2 Å². The third-order valence-electron chi connectivity index (χ3n) is 6.61. The van der Waals surface area contributed by atoms with Crippen LogP contribution in [-0.4, -0.2) is 76.6 Å². The van der Waals surface area contributed by atoms with Gasteiger partial charge in [0.2, 0.25) is 17.6 Å². The molecule has 1 saturated heterocycles. The average molecular weight is 468 g/mol. The van der Waals surface area contributed by atoms with Gasteiger partial charge >= 0.3 is 0 Å². The predicted octanol–water partition coefficient (Wildman–Crippen LogP) is 2.90. The molecule has 2 aliphatic rings. The molecule has 3 aromatic rings. The van der Waals surface area contributed by atoms with Crippen molar-refractivity contribution in [2.24, 2.45) is 0 Å². The van der Waals surface area contributed by atoms with Crippen molar-refractivity contribution < 1.29 is 14.1 Å². The van der Waals surface area contributed by atoms with Gasteiger partial charge in [0.25, 0.3) is 0 Å². The van der Waals surface area contributed by atoms with Gasteiger partial charge in [-0.25, -0.2) is 0 Å². The lowest BCUT2D eigenvalue weighted by Crippen LogP contribution is -2.54. The van der Waals surface area contributed by atoms with Crippen molar-refractivity contribution >= 4 is 17.2 Å². The Kier molecular flexibility index (Phi) is 6.43. The molecule has 4 heterocycles. The van der Waals surface area contributed by atoms with E-state index < -0.39 is 0 Å². The van der Waals surface area contributed by atoms with Gasteiger partial charge in [-0.05, 0) is 54.6 Å². The number of methoxy groups -OCH3 is 1. The number of rotatable bonds is 6. The van der Waals surface area contributed by atoms with Gasteiger partial charge in [0.05, 0.1) is 19.7 Å². The summed E-state index contributed by atoms with van der Waals surface area (Å²) in [7, 11) is 1.64. The number of piperazine rings is 1. The largest absolute Gasteiger partial charge is 0.497 e. The van der Waals surface area contributed by atoms with Crippen LogP contribution in [-0.2, 0) is 24.3 Å². The summed E-state index contributed by atoms with van der Waals surface area (Å²) in [4.78, 5) is 25.7. The number of hydrogen-bond donors (Lipinski definition) is 0. The van der Waals surface area contributed by atoms with E-state index in [4.69, 9.17) is 9.26 Å². The minimum absolute atomic E-state index is 0.0996. The van der Waals surface area contributed by atoms with Crippen molar-refractivity contribution in [2.45, 2.75) is 32.5 Å². The van der Waals surface area contributed by atoms with Crippen LogP contribution in [0.25, 0.3) is 11.4 Å². The second kappa shape index (κ2) is 9.62. The number of carbonyl (C=O) groups excluding carboxylic acids is 1. The van der Waals surface area contributed by atoms with Crippen LogP contribution in [0.4, 0.5) is 0 Å². The first kappa shape index (κ1) is 22.1. The zero-order valence-electron chi connectivity index (χ0n) is 19.1. The molecule has 0 spiro atoms. The molecule has 2 aromatic heterocycles. The van der Waals surface area contributed by atoms with Gasteiger partial charge < -0.3 is 14.2 Å². The number of nitrogens with zero attached hydrogens (tertiary/aromatic N) is 5. The van der Waals surface area contributed by atoms with Crippen molar-refractivity contribution in [3.05, 3.63) is 52.0 Å². The lowest BCUT2D eigenvalue weighted by Gasteiger charge is -2.39. The van der Waals surface area contributed by atoms with Crippen LogP contribution in [0.2, 0.25) is 0 Å². The van der Waals surface area contributed by atoms with E-state index >= 15 is 0 Å². The molecule has 9 heteroatoms. The Balaban J connectivity index is 1.12. The summed E-state index contributed by atoms with van der Waals surface area (Å²) < 4.78 is 10.7. The van der Waals surface area contributed by atoms with Gasteiger partial charge in [0.15, 0.2) is 0 Å². The standard InChI is InChI=1S/C24H29N5O3S/c1-17(24(30)29-9-7-21-19(15-29)8-14-33-21)28-12-10-27(11-13-28)16-22-25-23(26-32-22)18-3-5-20(31-2)6-4-18/h3-6,8,14,17H,7,9-13,15-16H2,1-2H3. The minimum Gasteiger partial charge on any atom is -0.497 e. The highest BCUT2D eigenvalue weighted by Gasteiger charge is 2.31. The first-order valence-electron chi connectivity index (χ1n) is 11.4. The van der Waals surface area contributed by atoms with E-state index in [0.717, 1.165) is 57.0 Å². The van der Waals surface area contributed by atoms with Crippen molar-refractivity contribution in [3.8, 4) is 17.1 Å². The van der Waals surface area contributed by atoms with Crippen molar-refractivity contribution in [1.29, 1.82) is 0 Å². The predicted molar refractivity (Wildman–Crippen MR) is 126 cm³/mol. The second-order valence-corrected chi connectivity index (χ2v) is 9.61. The molecule has 0 aliphatic carbocycles. The molecule has 0 N–H and O–H groups in total. The number of ether oxygens (including phenoxy) is 1. The molecule has 1 aromatic carbocycles. The van der Waals surface area contributed by atoms with E-state index in [1.165, 1.54) is 10.4 Å². The fraction of sp³-hybridized carbons (Fsp3) is 0.458. The first-order chi connectivity index (χ1) is 16.1. The average Bonchev–Trinajstić information content (AvgIpc) is 3.53. The second-order valence-electron chi connectivity index (χ2n) is 8.61. The molecule has 174 valence electrons.